The van der Waals surface area contributed by atoms with Crippen LogP contribution in [-0.2, 0) is 4.74 Å². The standard InChI is InChI=1S/C12H20O2/c1-10(2)6-4-7-11(3)12(10,14-11)8-5-9-13/h5,8,13H,4,6-7,9H2,1-3H3/b8-5+. The average Bonchev–Trinajstić information content (AvgIpc) is 2.70. The van der Waals surface area contributed by atoms with Gasteiger partial charge in [-0.15, -0.1) is 0 Å². The quantitative estimate of drug-likeness (QED) is 0.543. The summed E-state index contributed by atoms with van der Waals surface area (Å²) in [4.78, 5) is 0. The van der Waals surface area contributed by atoms with Gasteiger partial charge in [0.05, 0.1) is 12.2 Å². The van der Waals surface area contributed by atoms with Gasteiger partial charge in [-0.2, -0.15) is 0 Å². The molecule has 80 valence electrons. The molecule has 2 unspecified atom stereocenters. The van der Waals surface area contributed by atoms with Crippen molar-refractivity contribution in [3.05, 3.63) is 12.2 Å². The summed E-state index contributed by atoms with van der Waals surface area (Å²) < 4.78 is 5.97. The lowest BCUT2D eigenvalue weighted by Gasteiger charge is -2.36. The van der Waals surface area contributed by atoms with Gasteiger partial charge in [-0.05, 0) is 26.2 Å². The van der Waals surface area contributed by atoms with Crippen molar-refractivity contribution in [2.24, 2.45) is 5.41 Å². The van der Waals surface area contributed by atoms with Gasteiger partial charge in [0.25, 0.3) is 0 Å². The Labute approximate surface area is 86.0 Å². The normalized spacial score (nSPS) is 45.1. The van der Waals surface area contributed by atoms with E-state index in [0.29, 0.717) is 0 Å². The molecule has 1 aliphatic heterocycles. The first-order valence-corrected chi connectivity index (χ1v) is 5.46. The first kappa shape index (κ1) is 10.2. The Kier molecular flexibility index (Phi) is 2.06. The maximum atomic E-state index is 8.84. The van der Waals surface area contributed by atoms with Crippen LogP contribution in [0.2, 0.25) is 0 Å². The van der Waals surface area contributed by atoms with Crippen LogP contribution in [0, 0.1) is 5.41 Å². The summed E-state index contributed by atoms with van der Waals surface area (Å²) in [6.07, 6.45) is 7.49. The Bertz CT molecular complexity index is 269. The van der Waals surface area contributed by atoms with Gasteiger partial charge in [0, 0.05) is 5.41 Å². The number of ether oxygens (including phenoxy) is 1. The number of aliphatic hydroxyl groups is 1. The second-order valence-corrected chi connectivity index (χ2v) is 5.39. The molecule has 1 saturated carbocycles. The third-order valence-electron chi connectivity index (χ3n) is 4.05. The summed E-state index contributed by atoms with van der Waals surface area (Å²) in [7, 11) is 0. The first-order valence-electron chi connectivity index (χ1n) is 5.46. The zero-order valence-corrected chi connectivity index (χ0v) is 9.34. The molecule has 0 aromatic carbocycles. The zero-order valence-electron chi connectivity index (χ0n) is 9.34. The molecule has 2 aliphatic rings. The lowest BCUT2D eigenvalue weighted by molar-refractivity contribution is 0.165. The summed E-state index contributed by atoms with van der Waals surface area (Å²) in [6, 6.07) is 0. The Morgan fingerprint density at radius 2 is 2.00 bits per heavy atom. The largest absolute Gasteiger partial charge is 0.392 e. The van der Waals surface area contributed by atoms with Gasteiger partial charge in [0.1, 0.15) is 5.60 Å². The molecule has 2 rings (SSSR count). The van der Waals surface area contributed by atoms with Crippen molar-refractivity contribution in [3.8, 4) is 0 Å². The van der Waals surface area contributed by atoms with Crippen molar-refractivity contribution >= 4 is 0 Å². The SMILES string of the molecule is CC1(C)CCCC2(C)OC12/C=C/CO. The highest BCUT2D eigenvalue weighted by Crippen LogP contribution is 2.65. The van der Waals surface area contributed by atoms with E-state index in [9.17, 15) is 0 Å². The van der Waals surface area contributed by atoms with Crippen molar-refractivity contribution in [1.82, 2.24) is 0 Å². The third kappa shape index (κ3) is 1.10. The Morgan fingerprint density at radius 1 is 1.29 bits per heavy atom. The van der Waals surface area contributed by atoms with Crippen molar-refractivity contribution in [1.29, 1.82) is 0 Å². The van der Waals surface area contributed by atoms with E-state index in [-0.39, 0.29) is 23.2 Å². The van der Waals surface area contributed by atoms with Crippen molar-refractivity contribution in [2.75, 3.05) is 6.61 Å². The second-order valence-electron chi connectivity index (χ2n) is 5.39. The number of epoxide rings is 1. The van der Waals surface area contributed by atoms with E-state index < -0.39 is 0 Å². The summed E-state index contributed by atoms with van der Waals surface area (Å²) in [5, 5.41) is 8.84. The topological polar surface area (TPSA) is 32.8 Å². The molecule has 1 aliphatic carbocycles. The van der Waals surface area contributed by atoms with Crippen LogP contribution < -0.4 is 0 Å². The Balaban J connectivity index is 2.28. The predicted octanol–water partition coefficient (Wildman–Crippen LogP) is 2.27. The van der Waals surface area contributed by atoms with Crippen molar-refractivity contribution in [3.63, 3.8) is 0 Å². The van der Waals surface area contributed by atoms with E-state index in [1.165, 1.54) is 12.8 Å². The highest BCUT2D eigenvalue weighted by Gasteiger charge is 2.72. The maximum absolute atomic E-state index is 8.84. The fourth-order valence-electron chi connectivity index (χ4n) is 3.13. The molecular weight excluding hydrogens is 176 g/mol. The van der Waals surface area contributed by atoms with E-state index in [0.717, 1.165) is 6.42 Å². The van der Waals surface area contributed by atoms with E-state index in [1.54, 1.807) is 0 Å². The summed E-state index contributed by atoms with van der Waals surface area (Å²) in [5.74, 6) is 0. The Hall–Kier alpha value is -0.340. The molecule has 0 bridgehead atoms. The van der Waals surface area contributed by atoms with Crippen molar-refractivity contribution in [2.45, 2.75) is 51.2 Å². The molecule has 2 fully saturated rings. The fraction of sp³-hybridized carbons (Fsp3) is 0.833. The number of hydrogen-bond donors (Lipinski definition) is 1. The van der Waals surface area contributed by atoms with Crippen LogP contribution in [0.3, 0.4) is 0 Å². The number of fused-ring (bicyclic) bond motifs is 1. The molecule has 0 aromatic rings. The predicted molar refractivity (Wildman–Crippen MR) is 56.1 cm³/mol. The van der Waals surface area contributed by atoms with Gasteiger partial charge in [0.2, 0.25) is 0 Å². The van der Waals surface area contributed by atoms with Gasteiger partial charge < -0.3 is 9.84 Å². The monoisotopic (exact) mass is 196 g/mol. The lowest BCUT2D eigenvalue weighted by Crippen LogP contribution is -2.41. The molecule has 2 heteroatoms. The van der Waals surface area contributed by atoms with Crippen LogP contribution >= 0.6 is 0 Å². The maximum Gasteiger partial charge on any atom is 0.121 e. The number of rotatable bonds is 2. The summed E-state index contributed by atoms with van der Waals surface area (Å²) in [6.45, 7) is 6.82. The molecule has 1 heterocycles. The van der Waals surface area contributed by atoms with Crippen LogP contribution in [0.15, 0.2) is 12.2 Å². The number of aliphatic hydroxyl groups excluding tert-OH is 1. The minimum atomic E-state index is -0.110. The zero-order chi connectivity index (χ0) is 10.4. The van der Waals surface area contributed by atoms with Crippen LogP contribution in [0.25, 0.3) is 0 Å². The molecule has 0 amide bonds. The van der Waals surface area contributed by atoms with Gasteiger partial charge in [-0.1, -0.05) is 26.0 Å². The molecule has 14 heavy (non-hydrogen) atoms. The lowest BCUT2D eigenvalue weighted by atomic mass is 9.64. The molecule has 2 atom stereocenters. The average molecular weight is 196 g/mol. The van der Waals surface area contributed by atoms with E-state index >= 15 is 0 Å². The first-order chi connectivity index (χ1) is 6.47. The minimum absolute atomic E-state index is 0.0282. The smallest absolute Gasteiger partial charge is 0.121 e. The second kappa shape index (κ2) is 2.83. The van der Waals surface area contributed by atoms with Crippen LogP contribution in [-0.4, -0.2) is 22.9 Å². The molecular formula is C12H20O2. The van der Waals surface area contributed by atoms with E-state index in [2.05, 4.69) is 26.8 Å². The molecule has 0 spiro atoms. The van der Waals surface area contributed by atoms with Gasteiger partial charge >= 0.3 is 0 Å². The van der Waals surface area contributed by atoms with Gasteiger partial charge in [-0.25, -0.2) is 0 Å². The van der Waals surface area contributed by atoms with Crippen LogP contribution in [0.1, 0.15) is 40.0 Å². The third-order valence-corrected chi connectivity index (χ3v) is 4.05. The Morgan fingerprint density at radius 3 is 2.57 bits per heavy atom. The molecule has 0 radical (unpaired) electrons. The molecule has 0 aromatic heterocycles. The van der Waals surface area contributed by atoms with Crippen LogP contribution in [0.5, 0.6) is 0 Å². The van der Waals surface area contributed by atoms with Crippen molar-refractivity contribution < 1.29 is 9.84 Å². The fourth-order valence-corrected chi connectivity index (χ4v) is 3.13. The molecule has 2 nitrogen and oxygen atoms in total. The van der Waals surface area contributed by atoms with Gasteiger partial charge in [-0.3, -0.25) is 0 Å². The highest BCUT2D eigenvalue weighted by atomic mass is 16.6. The van der Waals surface area contributed by atoms with Gasteiger partial charge in [0.15, 0.2) is 0 Å². The minimum Gasteiger partial charge on any atom is -0.392 e. The van der Waals surface area contributed by atoms with Crippen LogP contribution in [0.4, 0.5) is 0 Å². The highest BCUT2D eigenvalue weighted by molar-refractivity contribution is 5.30. The van der Waals surface area contributed by atoms with E-state index in [4.69, 9.17) is 9.84 Å². The summed E-state index contributed by atoms with van der Waals surface area (Å²) in [5.41, 5.74) is 0.118. The molecule has 1 saturated heterocycles. The van der Waals surface area contributed by atoms with E-state index in [1.807, 2.05) is 6.08 Å². The number of hydrogen-bond acceptors (Lipinski definition) is 2. The molecule has 1 N–H and O–H groups in total. The summed E-state index contributed by atoms with van der Waals surface area (Å²) >= 11 is 0.